The number of para-hydroxylation sites is 1. The van der Waals surface area contributed by atoms with E-state index in [1.807, 2.05) is 54.6 Å². The molecule has 226 valence electrons. The highest BCUT2D eigenvalue weighted by molar-refractivity contribution is 7.22. The van der Waals surface area contributed by atoms with Gasteiger partial charge in [0.2, 0.25) is 0 Å². The van der Waals surface area contributed by atoms with Crippen LogP contribution in [-0.4, -0.2) is 40.2 Å². The summed E-state index contributed by atoms with van der Waals surface area (Å²) in [6, 6.07) is 21.6. The molecule has 6 rings (SSSR count). The number of fused-ring (bicyclic) bond motifs is 2. The van der Waals surface area contributed by atoms with Crippen molar-refractivity contribution in [3.05, 3.63) is 88.4 Å². The number of carbonyl (C=O) groups is 2. The number of carboxylic acid groups (broad SMARTS) is 1. The summed E-state index contributed by atoms with van der Waals surface area (Å²) in [5.41, 5.74) is 4.92. The number of amides is 2. The quantitative estimate of drug-likeness (QED) is 0.168. The summed E-state index contributed by atoms with van der Waals surface area (Å²) in [7, 11) is 0. The predicted octanol–water partition coefficient (Wildman–Crippen LogP) is 8.41. The van der Waals surface area contributed by atoms with E-state index in [0.29, 0.717) is 41.0 Å². The number of nitrogens with zero attached hydrogens (tertiary/aromatic N) is 3. The van der Waals surface area contributed by atoms with E-state index in [1.54, 1.807) is 4.90 Å². The van der Waals surface area contributed by atoms with Crippen LogP contribution in [0.15, 0.2) is 66.7 Å². The Kier molecular flexibility index (Phi) is 8.38. The molecule has 0 unspecified atom stereocenters. The number of thiazole rings is 2. The molecule has 3 aromatic carbocycles. The zero-order valence-electron chi connectivity index (χ0n) is 24.9. The van der Waals surface area contributed by atoms with Crippen molar-refractivity contribution in [2.24, 2.45) is 0 Å². The lowest BCUT2D eigenvalue weighted by Crippen LogP contribution is -2.38. The molecular weight excluding hydrogens is 593 g/mol. The molecule has 0 atom stereocenters. The van der Waals surface area contributed by atoms with Crippen molar-refractivity contribution in [1.82, 2.24) is 9.97 Å². The molecule has 44 heavy (non-hydrogen) atoms. The van der Waals surface area contributed by atoms with Gasteiger partial charge in [-0.2, -0.15) is 0 Å². The van der Waals surface area contributed by atoms with Crippen molar-refractivity contribution in [3.63, 3.8) is 0 Å². The van der Waals surface area contributed by atoms with E-state index in [0.717, 1.165) is 45.6 Å². The van der Waals surface area contributed by atoms with Gasteiger partial charge in [-0.25, -0.2) is 19.6 Å². The summed E-state index contributed by atoms with van der Waals surface area (Å²) in [6.45, 7) is 7.58. The standard InChI is InChI=1S/C34H34N4O4S2/c1-34(2,3)23-14-16-24(17-15-23)42-19-7-11-28-29(31(39)40)36-30(43-28)22-13-12-21-8-6-18-38(26(21)20-22)33(41)37-32-35-25-9-4-5-10-27(25)44-32/h4-5,9-10,12-17,20H,6-8,11,18-19H2,1-3H3,(H,39,40)(H,35,37,41). The molecule has 2 amide bonds. The number of benzene rings is 3. The summed E-state index contributed by atoms with van der Waals surface area (Å²) in [4.78, 5) is 37.0. The number of ether oxygens (including phenoxy) is 1. The van der Waals surface area contributed by atoms with Crippen LogP contribution in [0.2, 0.25) is 0 Å². The largest absolute Gasteiger partial charge is 0.494 e. The second-order valence-corrected chi connectivity index (χ2v) is 14.0. The van der Waals surface area contributed by atoms with Crippen molar-refractivity contribution in [1.29, 1.82) is 0 Å². The Labute approximate surface area is 264 Å². The molecular formula is C34H34N4O4S2. The van der Waals surface area contributed by atoms with Gasteiger partial charge in [-0.3, -0.25) is 10.2 Å². The minimum Gasteiger partial charge on any atom is -0.494 e. The molecule has 0 saturated heterocycles. The maximum Gasteiger partial charge on any atom is 0.355 e. The number of carboxylic acids is 1. The molecule has 0 saturated carbocycles. The topological polar surface area (TPSA) is 105 Å². The Hall–Kier alpha value is -4.28. The number of hydrogen-bond donors (Lipinski definition) is 2. The van der Waals surface area contributed by atoms with Crippen molar-refractivity contribution in [3.8, 4) is 16.3 Å². The van der Waals surface area contributed by atoms with Crippen LogP contribution in [0.4, 0.5) is 15.6 Å². The first-order valence-corrected chi connectivity index (χ1v) is 16.3. The molecule has 2 N–H and O–H groups in total. The SMILES string of the molecule is CC(C)(C)c1ccc(OCCCc2sc(-c3ccc4c(c3)N(C(=O)Nc3nc5ccccc5s3)CCC4)nc2C(=O)O)cc1. The first-order valence-electron chi connectivity index (χ1n) is 14.7. The van der Waals surface area contributed by atoms with Gasteiger partial charge in [-0.1, -0.05) is 68.5 Å². The maximum absolute atomic E-state index is 13.4. The molecule has 0 fully saturated rings. The molecule has 1 aliphatic heterocycles. The Bertz CT molecular complexity index is 1790. The monoisotopic (exact) mass is 626 g/mol. The van der Waals surface area contributed by atoms with E-state index in [2.05, 4.69) is 48.2 Å². The van der Waals surface area contributed by atoms with E-state index in [4.69, 9.17) is 4.74 Å². The number of carbonyl (C=O) groups excluding carboxylic acids is 1. The number of aromatic carboxylic acids is 1. The normalized spacial score (nSPS) is 13.1. The molecule has 0 radical (unpaired) electrons. The zero-order valence-corrected chi connectivity index (χ0v) is 26.6. The first-order chi connectivity index (χ1) is 21.2. The van der Waals surface area contributed by atoms with Crippen molar-refractivity contribution >= 4 is 55.7 Å². The number of urea groups is 1. The van der Waals surface area contributed by atoms with Crippen molar-refractivity contribution < 1.29 is 19.4 Å². The Morgan fingerprint density at radius 3 is 2.57 bits per heavy atom. The van der Waals surface area contributed by atoms with Gasteiger partial charge in [-0.15, -0.1) is 11.3 Å². The molecule has 10 heteroatoms. The van der Waals surface area contributed by atoms with Crippen LogP contribution in [0, 0.1) is 0 Å². The number of aryl methyl sites for hydroxylation is 2. The Morgan fingerprint density at radius 1 is 1.02 bits per heavy atom. The van der Waals surface area contributed by atoms with Crippen molar-refractivity contribution in [2.45, 2.75) is 51.9 Å². The predicted molar refractivity (Wildman–Crippen MR) is 178 cm³/mol. The van der Waals surface area contributed by atoms with Crippen molar-refractivity contribution in [2.75, 3.05) is 23.4 Å². The fourth-order valence-corrected chi connectivity index (χ4v) is 7.24. The molecule has 8 nitrogen and oxygen atoms in total. The summed E-state index contributed by atoms with van der Waals surface area (Å²) in [6.07, 6.45) is 2.92. The molecule has 0 spiro atoms. The number of hydrogen-bond acceptors (Lipinski definition) is 7. The van der Waals surface area contributed by atoms with E-state index in [9.17, 15) is 14.7 Å². The van der Waals surface area contributed by atoms with Gasteiger partial charge < -0.3 is 9.84 Å². The van der Waals surface area contributed by atoms with E-state index < -0.39 is 5.97 Å². The molecule has 0 aliphatic carbocycles. The summed E-state index contributed by atoms with van der Waals surface area (Å²) >= 11 is 2.83. The van der Waals surface area contributed by atoms with Crippen LogP contribution in [-0.2, 0) is 18.3 Å². The van der Waals surface area contributed by atoms with Gasteiger partial charge >= 0.3 is 12.0 Å². The van der Waals surface area contributed by atoms with Gasteiger partial charge in [0, 0.05) is 22.7 Å². The zero-order chi connectivity index (χ0) is 30.8. The lowest BCUT2D eigenvalue weighted by molar-refractivity contribution is 0.0690. The average Bonchev–Trinajstić information content (AvgIpc) is 3.62. The highest BCUT2D eigenvalue weighted by Crippen LogP contribution is 2.36. The lowest BCUT2D eigenvalue weighted by atomic mass is 9.87. The summed E-state index contributed by atoms with van der Waals surface area (Å²) < 4.78 is 6.95. The smallest absolute Gasteiger partial charge is 0.355 e. The number of anilines is 2. The Balaban J connectivity index is 1.15. The maximum atomic E-state index is 13.4. The van der Waals surface area contributed by atoms with Gasteiger partial charge in [0.05, 0.1) is 16.8 Å². The van der Waals surface area contributed by atoms with Crippen LogP contribution >= 0.6 is 22.7 Å². The second-order valence-electron chi connectivity index (χ2n) is 11.8. The average molecular weight is 627 g/mol. The minimum absolute atomic E-state index is 0.0719. The third kappa shape index (κ3) is 6.46. The second kappa shape index (κ2) is 12.4. The number of aromatic nitrogens is 2. The van der Waals surface area contributed by atoms with Gasteiger partial charge in [0.25, 0.3) is 0 Å². The van der Waals surface area contributed by atoms with Crippen LogP contribution in [0.1, 0.15) is 60.1 Å². The highest BCUT2D eigenvalue weighted by Gasteiger charge is 2.25. The summed E-state index contributed by atoms with van der Waals surface area (Å²) in [5.74, 6) is -0.247. The van der Waals surface area contributed by atoms with Crippen LogP contribution in [0.25, 0.3) is 20.8 Å². The third-order valence-corrected chi connectivity index (χ3v) is 9.76. The molecule has 1 aliphatic rings. The van der Waals surface area contributed by atoms with Gasteiger partial charge in [0.1, 0.15) is 10.8 Å². The molecule has 3 heterocycles. The fourth-order valence-electron chi connectivity index (χ4n) is 5.29. The van der Waals surface area contributed by atoms with E-state index in [-0.39, 0.29) is 17.1 Å². The number of rotatable bonds is 8. The highest BCUT2D eigenvalue weighted by atomic mass is 32.1. The molecule has 2 aromatic heterocycles. The number of nitrogens with one attached hydrogen (secondary N) is 1. The van der Waals surface area contributed by atoms with Crippen LogP contribution in [0.3, 0.4) is 0 Å². The molecule has 5 aromatic rings. The summed E-state index contributed by atoms with van der Waals surface area (Å²) in [5, 5.41) is 14.0. The van der Waals surface area contributed by atoms with E-state index >= 15 is 0 Å². The van der Waals surface area contributed by atoms with Gasteiger partial charge in [-0.05, 0) is 72.6 Å². The van der Waals surface area contributed by atoms with Gasteiger partial charge in [0.15, 0.2) is 10.8 Å². The Morgan fingerprint density at radius 2 is 1.82 bits per heavy atom. The minimum atomic E-state index is -1.05. The van der Waals surface area contributed by atoms with Crippen LogP contribution in [0.5, 0.6) is 5.75 Å². The first kappa shape index (κ1) is 29.8. The third-order valence-electron chi connectivity index (χ3n) is 7.64. The van der Waals surface area contributed by atoms with E-state index in [1.165, 1.54) is 28.2 Å². The molecule has 0 bridgehead atoms. The van der Waals surface area contributed by atoms with Crippen LogP contribution < -0.4 is 15.0 Å². The fraction of sp³-hybridized carbons (Fsp3) is 0.294. The lowest BCUT2D eigenvalue weighted by Gasteiger charge is -2.29.